The first-order valence-corrected chi connectivity index (χ1v) is 7.85. The molecule has 1 aliphatic rings. The summed E-state index contributed by atoms with van der Waals surface area (Å²) in [5.41, 5.74) is 5.80. The molecule has 7 nitrogen and oxygen atoms in total. The molecule has 2 heterocycles. The van der Waals surface area contributed by atoms with Crippen molar-refractivity contribution in [2.45, 2.75) is 32.2 Å². The van der Waals surface area contributed by atoms with Gasteiger partial charge in [0.05, 0.1) is 0 Å². The summed E-state index contributed by atoms with van der Waals surface area (Å²) in [6.07, 6.45) is 3.53. The minimum absolute atomic E-state index is 0.246. The quantitative estimate of drug-likeness (QED) is 0.798. The molecule has 3 rings (SSSR count). The van der Waals surface area contributed by atoms with E-state index in [1.807, 2.05) is 0 Å². The predicted octanol–water partition coefficient (Wildman–Crippen LogP) is 2.10. The van der Waals surface area contributed by atoms with Gasteiger partial charge in [0, 0.05) is 17.6 Å². The van der Waals surface area contributed by atoms with Gasteiger partial charge in [-0.1, -0.05) is 11.3 Å². The fourth-order valence-electron chi connectivity index (χ4n) is 1.79. The first kappa shape index (κ1) is 13.3. The van der Waals surface area contributed by atoms with Gasteiger partial charge < -0.3 is 11.1 Å². The summed E-state index contributed by atoms with van der Waals surface area (Å²) in [7, 11) is 0. The number of amides is 1. The fraction of sp³-hybridized carbons (Fsp3) is 0.455. The van der Waals surface area contributed by atoms with Crippen LogP contribution in [0.1, 0.15) is 34.8 Å². The van der Waals surface area contributed by atoms with Crippen LogP contribution in [-0.2, 0) is 0 Å². The van der Waals surface area contributed by atoms with Crippen molar-refractivity contribution in [1.82, 2.24) is 14.3 Å². The topological polar surface area (TPSA) is 106 Å². The summed E-state index contributed by atoms with van der Waals surface area (Å²) in [6.45, 7) is 1.77. The number of anilines is 3. The van der Waals surface area contributed by atoms with Crippen molar-refractivity contribution in [3.8, 4) is 0 Å². The molecule has 1 aliphatic carbocycles. The Morgan fingerprint density at radius 2 is 2.15 bits per heavy atom. The Balaban J connectivity index is 1.70. The van der Waals surface area contributed by atoms with Gasteiger partial charge >= 0.3 is 0 Å². The second-order valence-electron chi connectivity index (χ2n) is 4.61. The number of hydrogen-bond acceptors (Lipinski definition) is 8. The first-order valence-electron chi connectivity index (χ1n) is 6.26. The lowest BCUT2D eigenvalue weighted by atomic mass is 9.93. The van der Waals surface area contributed by atoms with Crippen LogP contribution in [0.4, 0.5) is 16.1 Å². The van der Waals surface area contributed by atoms with Crippen LogP contribution in [0.3, 0.4) is 0 Å². The summed E-state index contributed by atoms with van der Waals surface area (Å²) < 4.78 is 4.01. The van der Waals surface area contributed by atoms with Gasteiger partial charge in [0.15, 0.2) is 5.13 Å². The second kappa shape index (κ2) is 5.33. The number of nitrogens with one attached hydrogen (secondary N) is 2. The molecular weight excluding hydrogens is 296 g/mol. The van der Waals surface area contributed by atoms with Crippen LogP contribution in [0.15, 0.2) is 0 Å². The molecule has 0 saturated heterocycles. The zero-order valence-electron chi connectivity index (χ0n) is 10.8. The van der Waals surface area contributed by atoms with Crippen LogP contribution >= 0.6 is 22.9 Å². The van der Waals surface area contributed by atoms with Crippen LogP contribution in [0.25, 0.3) is 0 Å². The molecule has 2 aromatic rings. The predicted molar refractivity (Wildman–Crippen MR) is 80.4 cm³/mol. The normalized spacial score (nSPS) is 14.8. The molecule has 0 bridgehead atoms. The van der Waals surface area contributed by atoms with Crippen molar-refractivity contribution in [3.63, 3.8) is 0 Å². The van der Waals surface area contributed by atoms with E-state index in [-0.39, 0.29) is 11.7 Å². The molecule has 0 aromatic carbocycles. The molecule has 20 heavy (non-hydrogen) atoms. The van der Waals surface area contributed by atoms with E-state index < -0.39 is 0 Å². The van der Waals surface area contributed by atoms with Crippen molar-refractivity contribution < 1.29 is 4.79 Å². The number of aryl methyl sites for hydroxylation is 1. The third-order valence-corrected chi connectivity index (χ3v) is 4.76. The van der Waals surface area contributed by atoms with Crippen molar-refractivity contribution in [1.29, 1.82) is 0 Å². The van der Waals surface area contributed by atoms with Crippen molar-refractivity contribution >= 4 is 44.9 Å². The van der Waals surface area contributed by atoms with Crippen molar-refractivity contribution in [2.24, 2.45) is 0 Å². The van der Waals surface area contributed by atoms with Crippen LogP contribution in [0.5, 0.6) is 0 Å². The monoisotopic (exact) mass is 310 g/mol. The minimum atomic E-state index is -0.294. The molecule has 106 valence electrons. The average molecular weight is 310 g/mol. The maximum atomic E-state index is 12.1. The zero-order chi connectivity index (χ0) is 14.1. The van der Waals surface area contributed by atoms with Crippen LogP contribution in [0.2, 0.25) is 0 Å². The second-order valence-corrected chi connectivity index (χ2v) is 6.36. The van der Waals surface area contributed by atoms with E-state index in [9.17, 15) is 4.79 Å². The largest absolute Gasteiger partial charge is 0.382 e. The Morgan fingerprint density at radius 1 is 1.35 bits per heavy atom. The highest BCUT2D eigenvalue weighted by atomic mass is 32.1. The van der Waals surface area contributed by atoms with Gasteiger partial charge in [0.25, 0.3) is 5.91 Å². The van der Waals surface area contributed by atoms with E-state index >= 15 is 0 Å². The summed E-state index contributed by atoms with van der Waals surface area (Å²) >= 11 is 2.41. The molecule has 9 heteroatoms. The van der Waals surface area contributed by atoms with E-state index in [0.29, 0.717) is 27.0 Å². The Labute approximate surface area is 123 Å². The lowest BCUT2D eigenvalue weighted by Crippen LogP contribution is -2.26. The molecule has 0 unspecified atom stereocenters. The number of rotatable bonds is 4. The van der Waals surface area contributed by atoms with Gasteiger partial charge in [0.1, 0.15) is 16.5 Å². The van der Waals surface area contributed by atoms with Gasteiger partial charge in [-0.25, -0.2) is 9.97 Å². The Bertz CT molecular complexity index is 633. The molecule has 4 N–H and O–H groups in total. The average Bonchev–Trinajstić information content (AvgIpc) is 2.90. The van der Waals surface area contributed by atoms with Crippen LogP contribution in [0, 0.1) is 6.92 Å². The van der Waals surface area contributed by atoms with E-state index in [1.54, 1.807) is 6.92 Å². The van der Waals surface area contributed by atoms with Crippen LogP contribution in [-0.4, -0.2) is 26.3 Å². The van der Waals surface area contributed by atoms with E-state index in [4.69, 9.17) is 5.73 Å². The summed E-state index contributed by atoms with van der Waals surface area (Å²) in [4.78, 5) is 20.8. The van der Waals surface area contributed by atoms with E-state index in [0.717, 1.165) is 24.4 Å². The SMILES string of the molecule is Cc1nsc(NC(=O)c2sc(NC3CCC3)nc2N)n1. The first-order chi connectivity index (χ1) is 9.61. The summed E-state index contributed by atoms with van der Waals surface area (Å²) in [5, 5.41) is 7.13. The van der Waals surface area contributed by atoms with Crippen molar-refractivity contribution in [3.05, 3.63) is 10.7 Å². The maximum absolute atomic E-state index is 12.1. The number of nitrogen functional groups attached to an aromatic ring is 1. The lowest BCUT2D eigenvalue weighted by molar-refractivity contribution is 0.103. The van der Waals surface area contributed by atoms with E-state index in [2.05, 4.69) is 25.0 Å². The number of nitrogens with zero attached hydrogens (tertiary/aromatic N) is 3. The molecule has 0 aliphatic heterocycles. The summed E-state index contributed by atoms with van der Waals surface area (Å²) in [5.74, 6) is 0.586. The molecule has 1 amide bonds. The third kappa shape index (κ3) is 2.73. The highest BCUT2D eigenvalue weighted by molar-refractivity contribution is 7.18. The maximum Gasteiger partial charge on any atom is 0.271 e. The van der Waals surface area contributed by atoms with Crippen LogP contribution < -0.4 is 16.4 Å². The molecule has 0 atom stereocenters. The Kier molecular flexibility index (Phi) is 3.53. The standard InChI is InChI=1S/C11H14N6OS2/c1-5-13-11(20-17-5)16-9(18)7-8(12)15-10(19-7)14-6-3-2-4-6/h6H,2-4,12H2,1H3,(H,14,15)(H,13,16,17,18). The molecule has 1 fully saturated rings. The number of aromatic nitrogens is 3. The highest BCUT2D eigenvalue weighted by Crippen LogP contribution is 2.30. The molecular formula is C11H14N6OS2. The Morgan fingerprint density at radius 3 is 2.75 bits per heavy atom. The number of hydrogen-bond donors (Lipinski definition) is 3. The van der Waals surface area contributed by atoms with Gasteiger partial charge in [-0.2, -0.15) is 4.37 Å². The Hall–Kier alpha value is -1.74. The minimum Gasteiger partial charge on any atom is -0.382 e. The number of nitrogens with two attached hydrogens (primary N) is 1. The van der Waals surface area contributed by atoms with E-state index in [1.165, 1.54) is 17.8 Å². The van der Waals surface area contributed by atoms with Gasteiger partial charge in [-0.15, -0.1) is 0 Å². The molecule has 0 spiro atoms. The molecule has 0 radical (unpaired) electrons. The lowest BCUT2D eigenvalue weighted by Gasteiger charge is -2.25. The number of carbonyl (C=O) groups excluding carboxylic acids is 1. The smallest absolute Gasteiger partial charge is 0.271 e. The zero-order valence-corrected chi connectivity index (χ0v) is 12.5. The fourth-order valence-corrected chi connectivity index (χ4v) is 3.21. The van der Waals surface area contributed by atoms with Gasteiger partial charge in [-0.3, -0.25) is 10.1 Å². The van der Waals surface area contributed by atoms with Gasteiger partial charge in [-0.05, 0) is 26.2 Å². The molecule has 1 saturated carbocycles. The number of thiazole rings is 1. The molecule has 2 aromatic heterocycles. The third-order valence-electron chi connectivity index (χ3n) is 3.04. The number of carbonyl (C=O) groups is 1. The summed E-state index contributed by atoms with van der Waals surface area (Å²) in [6, 6.07) is 0.460. The van der Waals surface area contributed by atoms with Gasteiger partial charge in [0.2, 0.25) is 5.13 Å². The highest BCUT2D eigenvalue weighted by Gasteiger charge is 2.22. The van der Waals surface area contributed by atoms with Crippen molar-refractivity contribution in [2.75, 3.05) is 16.4 Å².